The van der Waals surface area contributed by atoms with Gasteiger partial charge in [0.15, 0.2) is 0 Å². The zero-order valence-electron chi connectivity index (χ0n) is 47.5. The highest BCUT2D eigenvalue weighted by Crippen LogP contribution is 2.20. The van der Waals surface area contributed by atoms with Crippen molar-refractivity contribution in [2.75, 3.05) is 6.61 Å². The van der Waals surface area contributed by atoms with Gasteiger partial charge in [-0.05, 0) is 12.8 Å². The Morgan fingerprint density at radius 3 is 0.696 bits per heavy atom. The van der Waals surface area contributed by atoms with E-state index in [-0.39, 0.29) is 12.5 Å². The van der Waals surface area contributed by atoms with Crippen LogP contribution in [-0.2, 0) is 4.79 Å². The number of rotatable bonds is 61. The molecule has 0 fully saturated rings. The molecular formula is C64H129NO4. The molecule has 5 nitrogen and oxygen atoms in total. The van der Waals surface area contributed by atoms with Gasteiger partial charge < -0.3 is 20.6 Å². The third-order valence-electron chi connectivity index (χ3n) is 15.7. The molecule has 0 aliphatic heterocycles. The number of carbonyl (C=O) groups is 1. The summed E-state index contributed by atoms with van der Waals surface area (Å²) in [6.07, 6.45) is 74.6. The Morgan fingerprint density at radius 1 is 0.304 bits per heavy atom. The number of hydrogen-bond acceptors (Lipinski definition) is 4. The molecular weight excluding hydrogens is 847 g/mol. The van der Waals surface area contributed by atoms with E-state index in [1.54, 1.807) is 0 Å². The topological polar surface area (TPSA) is 89.8 Å². The standard InChI is InChI=1S/C64H129NO4/c1-3-5-7-9-11-13-15-17-19-21-22-23-24-25-26-27-28-29-30-31-32-33-34-35-36-37-38-39-40-41-42-43-45-47-49-51-53-55-57-59-63(68)65-61(60-66)64(69)62(67)58-56-54-52-50-48-46-44-20-18-16-14-12-10-8-6-4-2/h61-62,64,66-67,69H,3-60H2,1-2H3,(H,65,68). The maximum atomic E-state index is 12.5. The van der Waals surface area contributed by atoms with E-state index in [4.69, 9.17) is 0 Å². The van der Waals surface area contributed by atoms with E-state index in [0.717, 1.165) is 32.1 Å². The van der Waals surface area contributed by atoms with Crippen molar-refractivity contribution in [3.8, 4) is 0 Å². The zero-order chi connectivity index (χ0) is 50.0. The van der Waals surface area contributed by atoms with Crippen LogP contribution < -0.4 is 5.32 Å². The lowest BCUT2D eigenvalue weighted by molar-refractivity contribution is -0.124. The second-order valence-corrected chi connectivity index (χ2v) is 22.7. The predicted molar refractivity (Wildman–Crippen MR) is 306 cm³/mol. The van der Waals surface area contributed by atoms with E-state index in [1.165, 1.54) is 321 Å². The quantitative estimate of drug-likeness (QED) is 0.0457. The first-order valence-electron chi connectivity index (χ1n) is 32.3. The fraction of sp³-hybridized carbons (Fsp3) is 0.984. The maximum absolute atomic E-state index is 12.5. The van der Waals surface area contributed by atoms with Gasteiger partial charge in [-0.25, -0.2) is 0 Å². The molecule has 0 aromatic carbocycles. The zero-order valence-corrected chi connectivity index (χ0v) is 47.5. The van der Waals surface area contributed by atoms with Crippen molar-refractivity contribution in [2.24, 2.45) is 0 Å². The molecule has 414 valence electrons. The molecule has 1 amide bonds. The van der Waals surface area contributed by atoms with Gasteiger partial charge in [-0.1, -0.05) is 361 Å². The third-order valence-corrected chi connectivity index (χ3v) is 15.7. The molecule has 0 bridgehead atoms. The average molecular weight is 977 g/mol. The van der Waals surface area contributed by atoms with Gasteiger partial charge in [-0.3, -0.25) is 4.79 Å². The molecule has 0 heterocycles. The summed E-state index contributed by atoms with van der Waals surface area (Å²) in [5.41, 5.74) is 0. The summed E-state index contributed by atoms with van der Waals surface area (Å²) < 4.78 is 0. The lowest BCUT2D eigenvalue weighted by Gasteiger charge is -2.26. The lowest BCUT2D eigenvalue weighted by atomic mass is 9.99. The molecule has 3 atom stereocenters. The number of unbranched alkanes of at least 4 members (excludes halogenated alkanes) is 53. The van der Waals surface area contributed by atoms with Crippen LogP contribution in [0, 0.1) is 0 Å². The van der Waals surface area contributed by atoms with Crippen LogP contribution >= 0.6 is 0 Å². The summed E-state index contributed by atoms with van der Waals surface area (Å²) >= 11 is 0. The largest absolute Gasteiger partial charge is 0.394 e. The number of carbonyl (C=O) groups excluding carboxylic acids is 1. The summed E-state index contributed by atoms with van der Waals surface area (Å²) in [7, 11) is 0. The minimum Gasteiger partial charge on any atom is -0.394 e. The van der Waals surface area contributed by atoms with Crippen LogP contribution in [0.3, 0.4) is 0 Å². The predicted octanol–water partition coefficient (Wildman–Crippen LogP) is 20.5. The lowest BCUT2D eigenvalue weighted by Crippen LogP contribution is -2.50. The van der Waals surface area contributed by atoms with Crippen molar-refractivity contribution in [3.05, 3.63) is 0 Å². The van der Waals surface area contributed by atoms with Gasteiger partial charge in [0.05, 0.1) is 18.8 Å². The van der Waals surface area contributed by atoms with Crippen LogP contribution in [0.1, 0.15) is 380 Å². The Balaban J connectivity index is 3.38. The highest BCUT2D eigenvalue weighted by Gasteiger charge is 2.26. The molecule has 0 saturated carbocycles. The molecule has 4 N–H and O–H groups in total. The van der Waals surface area contributed by atoms with Gasteiger partial charge in [0, 0.05) is 6.42 Å². The molecule has 3 unspecified atom stereocenters. The fourth-order valence-corrected chi connectivity index (χ4v) is 10.8. The molecule has 0 rings (SSSR count). The van der Waals surface area contributed by atoms with E-state index >= 15 is 0 Å². The van der Waals surface area contributed by atoms with Crippen molar-refractivity contribution < 1.29 is 20.1 Å². The van der Waals surface area contributed by atoms with Crippen molar-refractivity contribution >= 4 is 5.91 Å². The summed E-state index contributed by atoms with van der Waals surface area (Å²) in [6.45, 7) is 4.23. The summed E-state index contributed by atoms with van der Waals surface area (Å²) in [5, 5.41) is 33.8. The Labute approximate surface area is 434 Å². The number of aliphatic hydroxyl groups excluding tert-OH is 3. The van der Waals surface area contributed by atoms with Crippen LogP contribution in [0.5, 0.6) is 0 Å². The number of nitrogens with one attached hydrogen (secondary N) is 1. The van der Waals surface area contributed by atoms with Crippen LogP contribution in [0.4, 0.5) is 0 Å². The number of amides is 1. The minimum absolute atomic E-state index is 0.135. The second kappa shape index (κ2) is 59.9. The first-order valence-corrected chi connectivity index (χ1v) is 32.3. The Hall–Kier alpha value is -0.650. The van der Waals surface area contributed by atoms with Crippen LogP contribution in [0.2, 0.25) is 0 Å². The Bertz CT molecular complexity index is 944. The molecule has 0 aromatic heterocycles. The average Bonchev–Trinajstić information content (AvgIpc) is 3.35. The minimum atomic E-state index is -1.13. The molecule has 0 aliphatic rings. The van der Waals surface area contributed by atoms with Crippen LogP contribution in [-0.4, -0.2) is 46.1 Å². The summed E-state index contributed by atoms with van der Waals surface area (Å²) in [6, 6.07) is -0.804. The SMILES string of the molecule is CCCCCCCCCCCCCCCCCCCCCCCCCCCCCCCCCCCCCCCCCC(=O)NC(CO)C(O)C(O)CCCCCCCCCCCCCCCCCC. The van der Waals surface area contributed by atoms with Gasteiger partial charge >= 0.3 is 0 Å². The van der Waals surface area contributed by atoms with Gasteiger partial charge in [-0.2, -0.15) is 0 Å². The second-order valence-electron chi connectivity index (χ2n) is 22.7. The van der Waals surface area contributed by atoms with Crippen molar-refractivity contribution in [2.45, 2.75) is 398 Å². The number of hydrogen-bond donors (Lipinski definition) is 4. The normalized spacial score (nSPS) is 13.1. The summed E-state index contributed by atoms with van der Waals surface area (Å²) in [5.74, 6) is -0.135. The summed E-state index contributed by atoms with van der Waals surface area (Å²) in [4.78, 5) is 12.5. The van der Waals surface area contributed by atoms with Crippen molar-refractivity contribution in [1.29, 1.82) is 0 Å². The maximum Gasteiger partial charge on any atom is 0.220 e. The Morgan fingerprint density at radius 2 is 0.493 bits per heavy atom. The van der Waals surface area contributed by atoms with E-state index < -0.39 is 18.2 Å². The molecule has 0 spiro atoms. The van der Waals surface area contributed by atoms with Gasteiger partial charge in [0.1, 0.15) is 6.10 Å². The first-order chi connectivity index (χ1) is 34.1. The van der Waals surface area contributed by atoms with E-state index in [0.29, 0.717) is 12.8 Å². The van der Waals surface area contributed by atoms with E-state index in [9.17, 15) is 20.1 Å². The molecule has 69 heavy (non-hydrogen) atoms. The van der Waals surface area contributed by atoms with Crippen molar-refractivity contribution in [1.82, 2.24) is 5.32 Å². The van der Waals surface area contributed by atoms with Crippen LogP contribution in [0.25, 0.3) is 0 Å². The fourth-order valence-electron chi connectivity index (χ4n) is 10.8. The molecule has 5 heteroatoms. The molecule has 0 saturated heterocycles. The van der Waals surface area contributed by atoms with Gasteiger partial charge in [-0.15, -0.1) is 0 Å². The monoisotopic (exact) mass is 976 g/mol. The van der Waals surface area contributed by atoms with E-state index in [2.05, 4.69) is 19.2 Å². The third kappa shape index (κ3) is 54.9. The smallest absolute Gasteiger partial charge is 0.220 e. The van der Waals surface area contributed by atoms with Gasteiger partial charge in [0.2, 0.25) is 5.91 Å². The highest BCUT2D eigenvalue weighted by molar-refractivity contribution is 5.76. The highest BCUT2D eigenvalue weighted by atomic mass is 16.3. The van der Waals surface area contributed by atoms with E-state index in [1.807, 2.05) is 0 Å². The molecule has 0 radical (unpaired) electrons. The van der Waals surface area contributed by atoms with Crippen molar-refractivity contribution in [3.63, 3.8) is 0 Å². The number of aliphatic hydroxyl groups is 3. The molecule has 0 aliphatic carbocycles. The Kier molecular flexibility index (Phi) is 59.3. The molecule has 0 aromatic rings. The first kappa shape index (κ1) is 68.4. The van der Waals surface area contributed by atoms with Crippen LogP contribution in [0.15, 0.2) is 0 Å². The van der Waals surface area contributed by atoms with Gasteiger partial charge in [0.25, 0.3) is 0 Å².